The fourth-order valence-electron chi connectivity index (χ4n) is 2.92. The van der Waals surface area contributed by atoms with E-state index in [0.29, 0.717) is 6.54 Å². The number of aromatic amines is 1. The third-order valence-electron chi connectivity index (χ3n) is 4.05. The second-order valence-corrected chi connectivity index (χ2v) is 5.92. The van der Waals surface area contributed by atoms with Crippen LogP contribution in [0.4, 0.5) is 0 Å². The SMILES string of the molecule is COCC(=O)N1CC[C@@H](c2cc(-c3cc(C)[nH]n3)nc(C)n2)C1. The Labute approximate surface area is 135 Å². The van der Waals surface area contributed by atoms with Gasteiger partial charge >= 0.3 is 0 Å². The van der Waals surface area contributed by atoms with Crippen molar-refractivity contribution in [2.24, 2.45) is 0 Å². The summed E-state index contributed by atoms with van der Waals surface area (Å²) in [5.41, 5.74) is 3.61. The van der Waals surface area contributed by atoms with Crippen LogP contribution in [0.2, 0.25) is 0 Å². The molecule has 1 aliphatic heterocycles. The fraction of sp³-hybridized carbons (Fsp3) is 0.500. The Morgan fingerprint density at radius 1 is 1.35 bits per heavy atom. The lowest BCUT2D eigenvalue weighted by Crippen LogP contribution is -2.31. The summed E-state index contributed by atoms with van der Waals surface area (Å²) in [6.45, 7) is 5.40. The highest BCUT2D eigenvalue weighted by atomic mass is 16.5. The fourth-order valence-corrected chi connectivity index (χ4v) is 2.92. The van der Waals surface area contributed by atoms with E-state index in [2.05, 4.69) is 20.2 Å². The van der Waals surface area contributed by atoms with Crippen LogP contribution in [0.1, 0.15) is 29.6 Å². The van der Waals surface area contributed by atoms with Gasteiger partial charge in [-0.1, -0.05) is 0 Å². The first-order valence-corrected chi connectivity index (χ1v) is 7.71. The van der Waals surface area contributed by atoms with E-state index in [1.165, 1.54) is 7.11 Å². The first-order valence-electron chi connectivity index (χ1n) is 7.71. The van der Waals surface area contributed by atoms with Gasteiger partial charge in [-0.25, -0.2) is 9.97 Å². The molecule has 0 bridgehead atoms. The summed E-state index contributed by atoms with van der Waals surface area (Å²) >= 11 is 0. The molecule has 23 heavy (non-hydrogen) atoms. The minimum absolute atomic E-state index is 0.0314. The number of aryl methyl sites for hydroxylation is 2. The molecule has 2 aromatic heterocycles. The molecule has 0 unspecified atom stereocenters. The van der Waals surface area contributed by atoms with Crippen molar-refractivity contribution in [1.82, 2.24) is 25.1 Å². The lowest BCUT2D eigenvalue weighted by Gasteiger charge is -2.16. The third kappa shape index (κ3) is 3.39. The van der Waals surface area contributed by atoms with Gasteiger partial charge < -0.3 is 9.64 Å². The van der Waals surface area contributed by atoms with Crippen molar-refractivity contribution in [1.29, 1.82) is 0 Å². The first kappa shape index (κ1) is 15.6. The van der Waals surface area contributed by atoms with Crippen molar-refractivity contribution >= 4 is 5.91 Å². The van der Waals surface area contributed by atoms with Gasteiger partial charge in [0.2, 0.25) is 5.91 Å². The highest BCUT2D eigenvalue weighted by Crippen LogP contribution is 2.28. The Hall–Kier alpha value is -2.28. The Morgan fingerprint density at radius 2 is 2.17 bits per heavy atom. The van der Waals surface area contributed by atoms with Crippen molar-refractivity contribution in [3.8, 4) is 11.4 Å². The van der Waals surface area contributed by atoms with E-state index < -0.39 is 0 Å². The largest absolute Gasteiger partial charge is 0.375 e. The van der Waals surface area contributed by atoms with Crippen molar-refractivity contribution in [3.05, 3.63) is 29.3 Å². The lowest BCUT2D eigenvalue weighted by molar-refractivity contribution is -0.134. The number of nitrogens with one attached hydrogen (secondary N) is 1. The van der Waals surface area contributed by atoms with Gasteiger partial charge in [0.15, 0.2) is 0 Å². The Morgan fingerprint density at radius 3 is 2.87 bits per heavy atom. The lowest BCUT2D eigenvalue weighted by atomic mass is 10.0. The van der Waals surface area contributed by atoms with Crippen molar-refractivity contribution in [2.45, 2.75) is 26.2 Å². The van der Waals surface area contributed by atoms with Crippen LogP contribution in [-0.2, 0) is 9.53 Å². The molecule has 1 saturated heterocycles. The zero-order chi connectivity index (χ0) is 16.4. The number of methoxy groups -OCH3 is 1. The van der Waals surface area contributed by atoms with E-state index in [0.717, 1.165) is 41.6 Å². The maximum absolute atomic E-state index is 11.9. The number of nitrogens with zero attached hydrogens (tertiary/aromatic N) is 4. The highest BCUT2D eigenvalue weighted by molar-refractivity contribution is 5.77. The number of H-pyrrole nitrogens is 1. The molecule has 1 fully saturated rings. The number of rotatable bonds is 4. The molecule has 0 saturated carbocycles. The van der Waals surface area contributed by atoms with Gasteiger partial charge in [0, 0.05) is 37.5 Å². The molecule has 1 atom stereocenters. The summed E-state index contributed by atoms with van der Waals surface area (Å²) < 4.78 is 4.93. The van der Waals surface area contributed by atoms with Crippen LogP contribution in [-0.4, -0.2) is 57.8 Å². The van der Waals surface area contributed by atoms with Crippen molar-refractivity contribution in [2.75, 3.05) is 26.8 Å². The zero-order valence-corrected chi connectivity index (χ0v) is 13.7. The minimum Gasteiger partial charge on any atom is -0.375 e. The molecule has 0 spiro atoms. The number of hydrogen-bond acceptors (Lipinski definition) is 5. The second kappa shape index (κ2) is 6.45. The average Bonchev–Trinajstić information content (AvgIpc) is 3.16. The number of carbonyl (C=O) groups excluding carboxylic acids is 1. The first-order chi connectivity index (χ1) is 11.1. The van der Waals surface area contributed by atoms with Crippen LogP contribution in [0.25, 0.3) is 11.4 Å². The van der Waals surface area contributed by atoms with Crippen LogP contribution < -0.4 is 0 Å². The number of aromatic nitrogens is 4. The molecule has 7 heteroatoms. The van der Waals surface area contributed by atoms with Gasteiger partial charge in [0.05, 0.1) is 5.69 Å². The Balaban J connectivity index is 1.81. The van der Waals surface area contributed by atoms with E-state index >= 15 is 0 Å². The molecule has 7 nitrogen and oxygen atoms in total. The molecule has 1 N–H and O–H groups in total. The van der Waals surface area contributed by atoms with Gasteiger partial charge in [-0.05, 0) is 32.4 Å². The third-order valence-corrected chi connectivity index (χ3v) is 4.05. The molecule has 2 aromatic rings. The molecule has 3 heterocycles. The maximum Gasteiger partial charge on any atom is 0.248 e. The van der Waals surface area contributed by atoms with Crippen molar-refractivity contribution in [3.63, 3.8) is 0 Å². The summed E-state index contributed by atoms with van der Waals surface area (Å²) in [7, 11) is 1.54. The van der Waals surface area contributed by atoms with Crippen LogP contribution >= 0.6 is 0 Å². The molecule has 0 aliphatic carbocycles. The summed E-state index contributed by atoms with van der Waals surface area (Å²) in [6, 6.07) is 3.95. The molecule has 0 aromatic carbocycles. The van der Waals surface area contributed by atoms with Gasteiger partial charge in [0.25, 0.3) is 0 Å². The van der Waals surface area contributed by atoms with E-state index in [1.807, 2.05) is 30.9 Å². The molecular weight excluding hydrogens is 294 g/mol. The number of amides is 1. The van der Waals surface area contributed by atoms with Gasteiger partial charge in [0.1, 0.15) is 18.1 Å². The monoisotopic (exact) mass is 315 g/mol. The Kier molecular flexibility index (Phi) is 4.38. The molecule has 1 aliphatic rings. The van der Waals surface area contributed by atoms with Gasteiger partial charge in [-0.15, -0.1) is 0 Å². The predicted octanol–water partition coefficient (Wildman–Crippen LogP) is 1.45. The Bertz CT molecular complexity index is 712. The van der Waals surface area contributed by atoms with E-state index in [-0.39, 0.29) is 18.4 Å². The second-order valence-electron chi connectivity index (χ2n) is 5.92. The number of hydrogen-bond donors (Lipinski definition) is 1. The minimum atomic E-state index is 0.0314. The van der Waals surface area contributed by atoms with E-state index in [1.54, 1.807) is 0 Å². The van der Waals surface area contributed by atoms with Crippen molar-refractivity contribution < 1.29 is 9.53 Å². The van der Waals surface area contributed by atoms with E-state index in [9.17, 15) is 4.79 Å². The highest BCUT2D eigenvalue weighted by Gasteiger charge is 2.28. The number of ether oxygens (including phenoxy) is 1. The van der Waals surface area contributed by atoms with Crippen LogP contribution in [0, 0.1) is 13.8 Å². The number of likely N-dealkylation sites (tertiary alicyclic amines) is 1. The summed E-state index contributed by atoms with van der Waals surface area (Å²) in [5, 5.41) is 7.20. The molecule has 0 radical (unpaired) electrons. The van der Waals surface area contributed by atoms with Gasteiger partial charge in [-0.2, -0.15) is 5.10 Å². The molecular formula is C16H21N5O2. The normalized spacial score (nSPS) is 17.7. The maximum atomic E-state index is 11.9. The molecule has 122 valence electrons. The summed E-state index contributed by atoms with van der Waals surface area (Å²) in [5.74, 6) is 0.986. The standard InChI is InChI=1S/C16H21N5O2/c1-10-6-15(20-19-10)14-7-13(17-11(2)18-14)12-4-5-21(8-12)16(22)9-23-3/h6-7,12H,4-5,8-9H2,1-3H3,(H,19,20)/t12-/m1/s1. The summed E-state index contributed by atoms with van der Waals surface area (Å²) in [4.78, 5) is 22.8. The number of carbonyl (C=O) groups is 1. The molecule has 1 amide bonds. The van der Waals surface area contributed by atoms with Crippen LogP contribution in [0.15, 0.2) is 12.1 Å². The summed E-state index contributed by atoms with van der Waals surface area (Å²) in [6.07, 6.45) is 0.908. The van der Waals surface area contributed by atoms with Crippen LogP contribution in [0.3, 0.4) is 0 Å². The molecule has 3 rings (SSSR count). The zero-order valence-electron chi connectivity index (χ0n) is 13.7. The van der Waals surface area contributed by atoms with Gasteiger partial charge in [-0.3, -0.25) is 9.89 Å². The average molecular weight is 315 g/mol. The topological polar surface area (TPSA) is 84.0 Å². The predicted molar refractivity (Wildman–Crippen MR) is 84.9 cm³/mol. The smallest absolute Gasteiger partial charge is 0.248 e. The van der Waals surface area contributed by atoms with Crippen LogP contribution in [0.5, 0.6) is 0 Å². The quantitative estimate of drug-likeness (QED) is 0.923. The van der Waals surface area contributed by atoms with E-state index in [4.69, 9.17) is 4.74 Å².